The molecule has 0 fully saturated rings. The zero-order chi connectivity index (χ0) is 15.6. The van der Waals surface area contributed by atoms with Crippen molar-refractivity contribution in [3.8, 4) is 0 Å². The normalized spacial score (nSPS) is 12.1. The highest BCUT2D eigenvalue weighted by Gasteiger charge is 2.14. The molecule has 0 saturated heterocycles. The quantitative estimate of drug-likeness (QED) is 0.697. The minimum atomic E-state index is 0.0254. The van der Waals surface area contributed by atoms with Crippen molar-refractivity contribution >= 4 is 46.2 Å². The molecule has 0 bridgehead atoms. The fraction of sp³-hybridized carbons (Fsp3) is 0.250. The van der Waals surface area contributed by atoms with Crippen LogP contribution in [-0.4, -0.2) is 14.1 Å². The molecule has 0 aliphatic rings. The fourth-order valence-corrected chi connectivity index (χ4v) is 2.77. The maximum absolute atomic E-state index is 6.26. The van der Waals surface area contributed by atoms with Crippen molar-refractivity contribution in [3.63, 3.8) is 0 Å². The Bertz CT molecular complexity index is 624. The van der Waals surface area contributed by atoms with Gasteiger partial charge < -0.3 is 10.2 Å². The van der Waals surface area contributed by atoms with E-state index in [4.69, 9.17) is 34.8 Å². The Hall–Kier alpha value is -1.09. The van der Waals surface area contributed by atoms with Crippen LogP contribution in [0.1, 0.15) is 18.5 Å². The number of benzene rings is 2. The molecule has 0 saturated carbocycles. The van der Waals surface area contributed by atoms with Crippen molar-refractivity contribution in [1.82, 2.24) is 0 Å². The molecular weight excluding hydrogens is 327 g/mol. The van der Waals surface area contributed by atoms with E-state index in [0.717, 1.165) is 16.9 Å². The predicted octanol–water partition coefficient (Wildman–Crippen LogP) is 5.89. The summed E-state index contributed by atoms with van der Waals surface area (Å²) in [6.45, 7) is 2.03. The number of hydrogen-bond donors (Lipinski definition) is 1. The first-order valence-corrected chi connectivity index (χ1v) is 7.71. The Morgan fingerprint density at radius 1 is 0.905 bits per heavy atom. The number of nitrogens with one attached hydrogen (secondary N) is 1. The molecule has 0 aromatic heterocycles. The fourth-order valence-electron chi connectivity index (χ4n) is 2.06. The van der Waals surface area contributed by atoms with E-state index in [1.807, 2.05) is 39.2 Å². The average Bonchev–Trinajstić information content (AvgIpc) is 2.45. The third kappa shape index (κ3) is 3.76. The third-order valence-electron chi connectivity index (χ3n) is 3.30. The van der Waals surface area contributed by atoms with E-state index in [1.54, 1.807) is 6.07 Å². The first kappa shape index (κ1) is 16.3. The molecule has 1 atom stereocenters. The molecular formula is C16H17Cl3N2. The smallest absolute Gasteiger partial charge is 0.0782 e. The Morgan fingerprint density at radius 2 is 1.52 bits per heavy atom. The Labute approximate surface area is 140 Å². The van der Waals surface area contributed by atoms with Gasteiger partial charge in [-0.05, 0) is 42.8 Å². The van der Waals surface area contributed by atoms with E-state index < -0.39 is 0 Å². The van der Waals surface area contributed by atoms with E-state index in [0.29, 0.717) is 15.1 Å². The summed E-state index contributed by atoms with van der Waals surface area (Å²) in [5.74, 6) is 0. The number of rotatable bonds is 4. The van der Waals surface area contributed by atoms with Gasteiger partial charge in [-0.15, -0.1) is 0 Å². The number of anilines is 2. The SMILES string of the molecule is CC(Nc1ccc(N(C)C)cc1)c1ccc(Cl)c(Cl)c1Cl. The van der Waals surface area contributed by atoms with Crippen LogP contribution >= 0.6 is 34.8 Å². The van der Waals surface area contributed by atoms with Crippen LogP contribution in [0.4, 0.5) is 11.4 Å². The Kier molecular flexibility index (Phi) is 5.26. The molecule has 0 spiro atoms. The molecule has 2 aromatic carbocycles. The summed E-state index contributed by atoms with van der Waals surface area (Å²) < 4.78 is 0. The Morgan fingerprint density at radius 3 is 2.10 bits per heavy atom. The van der Waals surface area contributed by atoms with Crippen LogP contribution in [0.15, 0.2) is 36.4 Å². The number of hydrogen-bond acceptors (Lipinski definition) is 2. The first-order valence-electron chi connectivity index (χ1n) is 6.57. The van der Waals surface area contributed by atoms with Crippen LogP contribution in [0.25, 0.3) is 0 Å². The highest BCUT2D eigenvalue weighted by Crippen LogP contribution is 2.36. The van der Waals surface area contributed by atoms with Gasteiger partial charge in [0.05, 0.1) is 21.1 Å². The highest BCUT2D eigenvalue weighted by atomic mass is 35.5. The lowest BCUT2D eigenvalue weighted by Crippen LogP contribution is -2.10. The van der Waals surface area contributed by atoms with Crippen LogP contribution in [0.5, 0.6) is 0 Å². The largest absolute Gasteiger partial charge is 0.378 e. The van der Waals surface area contributed by atoms with E-state index in [2.05, 4.69) is 22.3 Å². The second-order valence-corrected chi connectivity index (χ2v) is 6.24. The third-order valence-corrected chi connectivity index (χ3v) is 4.61. The molecule has 0 aliphatic heterocycles. The molecule has 112 valence electrons. The molecule has 1 N–H and O–H groups in total. The van der Waals surface area contributed by atoms with Gasteiger partial charge in [0.15, 0.2) is 0 Å². The summed E-state index contributed by atoms with van der Waals surface area (Å²) in [4.78, 5) is 2.06. The summed E-state index contributed by atoms with van der Waals surface area (Å²) in [5.41, 5.74) is 3.10. The lowest BCUT2D eigenvalue weighted by molar-refractivity contribution is 0.885. The monoisotopic (exact) mass is 342 g/mol. The molecule has 0 aliphatic carbocycles. The van der Waals surface area contributed by atoms with Gasteiger partial charge in [-0.1, -0.05) is 40.9 Å². The van der Waals surface area contributed by atoms with Crippen molar-refractivity contribution < 1.29 is 0 Å². The van der Waals surface area contributed by atoms with Gasteiger partial charge in [0.25, 0.3) is 0 Å². The molecule has 2 aromatic rings. The van der Waals surface area contributed by atoms with Crippen LogP contribution < -0.4 is 10.2 Å². The van der Waals surface area contributed by atoms with Crippen LogP contribution in [0.3, 0.4) is 0 Å². The van der Waals surface area contributed by atoms with Crippen molar-refractivity contribution in [3.05, 3.63) is 57.0 Å². The summed E-state index contributed by atoms with van der Waals surface area (Å²) in [6, 6.07) is 11.9. The summed E-state index contributed by atoms with van der Waals surface area (Å²) in [7, 11) is 4.03. The van der Waals surface area contributed by atoms with Crippen LogP contribution in [0.2, 0.25) is 15.1 Å². The Balaban J connectivity index is 2.18. The van der Waals surface area contributed by atoms with Gasteiger partial charge in [-0.25, -0.2) is 0 Å². The van der Waals surface area contributed by atoms with Crippen molar-refractivity contribution in [2.45, 2.75) is 13.0 Å². The minimum Gasteiger partial charge on any atom is -0.378 e. The zero-order valence-corrected chi connectivity index (χ0v) is 14.4. The number of nitrogens with zero attached hydrogens (tertiary/aromatic N) is 1. The van der Waals surface area contributed by atoms with Crippen LogP contribution in [-0.2, 0) is 0 Å². The maximum Gasteiger partial charge on any atom is 0.0782 e. The van der Waals surface area contributed by atoms with E-state index in [1.165, 1.54) is 0 Å². The zero-order valence-electron chi connectivity index (χ0n) is 12.1. The molecule has 2 rings (SSSR count). The minimum absolute atomic E-state index is 0.0254. The summed E-state index contributed by atoms with van der Waals surface area (Å²) >= 11 is 18.3. The number of halogens is 3. The van der Waals surface area contributed by atoms with Gasteiger partial charge in [-0.3, -0.25) is 0 Å². The summed E-state index contributed by atoms with van der Waals surface area (Å²) in [6.07, 6.45) is 0. The molecule has 1 unspecified atom stereocenters. The predicted molar refractivity (Wildman–Crippen MR) is 94.3 cm³/mol. The van der Waals surface area contributed by atoms with Gasteiger partial charge in [-0.2, -0.15) is 0 Å². The topological polar surface area (TPSA) is 15.3 Å². The van der Waals surface area contributed by atoms with Gasteiger partial charge in [0.1, 0.15) is 0 Å². The maximum atomic E-state index is 6.26. The van der Waals surface area contributed by atoms with Crippen molar-refractivity contribution in [1.29, 1.82) is 0 Å². The molecule has 0 heterocycles. The lowest BCUT2D eigenvalue weighted by Gasteiger charge is -2.19. The van der Waals surface area contributed by atoms with Crippen molar-refractivity contribution in [2.75, 3.05) is 24.3 Å². The standard InChI is InChI=1S/C16H17Cl3N2/c1-10(13-8-9-14(17)16(19)15(13)18)20-11-4-6-12(7-5-11)21(2)3/h4-10,20H,1-3H3. The molecule has 2 nitrogen and oxygen atoms in total. The second kappa shape index (κ2) is 6.78. The summed E-state index contributed by atoms with van der Waals surface area (Å²) in [5, 5.41) is 4.76. The highest BCUT2D eigenvalue weighted by molar-refractivity contribution is 6.48. The lowest BCUT2D eigenvalue weighted by atomic mass is 10.1. The molecule has 0 radical (unpaired) electrons. The molecule has 0 amide bonds. The van der Waals surface area contributed by atoms with Gasteiger partial charge in [0, 0.05) is 25.5 Å². The second-order valence-electron chi connectivity index (χ2n) is 5.07. The van der Waals surface area contributed by atoms with Gasteiger partial charge >= 0.3 is 0 Å². The van der Waals surface area contributed by atoms with E-state index in [9.17, 15) is 0 Å². The van der Waals surface area contributed by atoms with Crippen molar-refractivity contribution in [2.24, 2.45) is 0 Å². The molecule has 5 heteroatoms. The van der Waals surface area contributed by atoms with E-state index >= 15 is 0 Å². The van der Waals surface area contributed by atoms with Crippen LogP contribution in [0, 0.1) is 0 Å². The van der Waals surface area contributed by atoms with Gasteiger partial charge in [0.2, 0.25) is 0 Å². The average molecular weight is 344 g/mol. The van der Waals surface area contributed by atoms with E-state index in [-0.39, 0.29) is 6.04 Å². The molecule has 21 heavy (non-hydrogen) atoms. The first-order chi connectivity index (χ1) is 9.90.